The Labute approximate surface area is 125 Å². The third-order valence-corrected chi connectivity index (χ3v) is 4.31. The van der Waals surface area contributed by atoms with E-state index in [0.717, 1.165) is 0 Å². The monoisotopic (exact) mass is 314 g/mol. The van der Waals surface area contributed by atoms with E-state index in [0.29, 0.717) is 16.3 Å². The van der Waals surface area contributed by atoms with Gasteiger partial charge in [0, 0.05) is 11.3 Å². The van der Waals surface area contributed by atoms with Crippen LogP contribution in [-0.4, -0.2) is 20.7 Å². The Hall–Kier alpha value is -1.22. The van der Waals surface area contributed by atoms with Crippen molar-refractivity contribution in [3.8, 4) is 11.8 Å². The van der Waals surface area contributed by atoms with Crippen LogP contribution in [0.25, 0.3) is 0 Å². The van der Waals surface area contributed by atoms with Gasteiger partial charge >= 0.3 is 0 Å². The molecule has 6 heteroatoms. The predicted molar refractivity (Wildman–Crippen MR) is 84.2 cm³/mol. The third-order valence-electron chi connectivity index (χ3n) is 2.19. The second-order valence-corrected chi connectivity index (χ2v) is 7.75. The number of nitrogens with two attached hydrogens (primary N) is 1. The lowest BCUT2D eigenvalue weighted by Crippen LogP contribution is -2.26. The summed E-state index contributed by atoms with van der Waals surface area (Å²) < 4.78 is 26.6. The van der Waals surface area contributed by atoms with Crippen molar-refractivity contribution in [1.29, 1.82) is 0 Å². The van der Waals surface area contributed by atoms with E-state index < -0.39 is 10.0 Å². The van der Waals surface area contributed by atoms with Crippen LogP contribution in [0.5, 0.6) is 0 Å². The molecular weight excluding hydrogens is 296 g/mol. The number of hydrogen-bond donors (Lipinski definition) is 2. The van der Waals surface area contributed by atoms with Crippen molar-refractivity contribution in [3.05, 3.63) is 28.8 Å². The van der Waals surface area contributed by atoms with E-state index >= 15 is 0 Å². The lowest BCUT2D eigenvalue weighted by Gasteiger charge is -2.18. The Kier molecular flexibility index (Phi) is 5.46. The lowest BCUT2D eigenvalue weighted by atomic mass is 10.0. The van der Waals surface area contributed by atoms with Crippen molar-refractivity contribution in [2.75, 3.05) is 17.0 Å². The van der Waals surface area contributed by atoms with Gasteiger partial charge in [0.1, 0.15) is 0 Å². The molecule has 1 aromatic rings. The average Bonchev–Trinajstić information content (AvgIpc) is 2.26. The molecule has 1 rings (SSSR count). The molecule has 0 spiro atoms. The smallest absolute Gasteiger partial charge is 0.233 e. The zero-order chi connectivity index (χ0) is 15.4. The van der Waals surface area contributed by atoms with Gasteiger partial charge in [0.25, 0.3) is 0 Å². The fraction of sp³-hybridized carbons (Fsp3) is 0.429. The van der Waals surface area contributed by atoms with Crippen LogP contribution in [0.15, 0.2) is 18.2 Å². The van der Waals surface area contributed by atoms with Gasteiger partial charge in [-0.3, -0.25) is 4.72 Å². The van der Waals surface area contributed by atoms with Gasteiger partial charge in [-0.25, -0.2) is 8.42 Å². The number of sulfonamides is 1. The molecule has 0 bridgehead atoms. The van der Waals surface area contributed by atoms with E-state index in [1.807, 2.05) is 20.8 Å². The molecule has 110 valence electrons. The Balaban J connectivity index is 2.99. The number of benzene rings is 1. The molecule has 1 aromatic carbocycles. The van der Waals surface area contributed by atoms with E-state index in [2.05, 4.69) is 16.6 Å². The molecule has 0 saturated carbocycles. The van der Waals surface area contributed by atoms with Crippen molar-refractivity contribution in [2.24, 2.45) is 11.1 Å². The molecule has 20 heavy (non-hydrogen) atoms. The molecule has 0 saturated heterocycles. The average molecular weight is 315 g/mol. The van der Waals surface area contributed by atoms with E-state index in [4.69, 9.17) is 17.3 Å². The number of halogens is 1. The Bertz CT molecular complexity index is 637. The first kappa shape index (κ1) is 16.8. The van der Waals surface area contributed by atoms with E-state index in [1.54, 1.807) is 18.2 Å². The van der Waals surface area contributed by atoms with Crippen LogP contribution in [0.1, 0.15) is 26.3 Å². The van der Waals surface area contributed by atoms with E-state index in [1.165, 1.54) is 0 Å². The van der Waals surface area contributed by atoms with Crippen molar-refractivity contribution < 1.29 is 8.42 Å². The van der Waals surface area contributed by atoms with Crippen molar-refractivity contribution in [1.82, 2.24) is 0 Å². The van der Waals surface area contributed by atoms with Crippen molar-refractivity contribution in [2.45, 2.75) is 20.8 Å². The highest BCUT2D eigenvalue weighted by Crippen LogP contribution is 2.22. The molecule has 0 atom stereocenters. The van der Waals surface area contributed by atoms with Crippen molar-refractivity contribution in [3.63, 3.8) is 0 Å². The highest BCUT2D eigenvalue weighted by molar-refractivity contribution is 7.92. The minimum Gasteiger partial charge on any atom is -0.320 e. The molecule has 3 N–H and O–H groups in total. The number of hydrogen-bond acceptors (Lipinski definition) is 3. The topological polar surface area (TPSA) is 72.2 Å². The van der Waals surface area contributed by atoms with Crippen molar-refractivity contribution >= 4 is 27.3 Å². The molecular formula is C14H19ClN2O2S. The Morgan fingerprint density at radius 2 is 2.00 bits per heavy atom. The normalized spacial score (nSPS) is 11.7. The largest absolute Gasteiger partial charge is 0.320 e. The maximum absolute atomic E-state index is 12.0. The van der Waals surface area contributed by atoms with Gasteiger partial charge < -0.3 is 5.73 Å². The second-order valence-electron chi connectivity index (χ2n) is 5.62. The maximum Gasteiger partial charge on any atom is 0.233 e. The maximum atomic E-state index is 12.0. The number of anilines is 1. The summed E-state index contributed by atoms with van der Waals surface area (Å²) in [5.41, 5.74) is 5.98. The third kappa shape index (κ3) is 5.83. The highest BCUT2D eigenvalue weighted by Gasteiger charge is 2.21. The first-order valence-corrected chi connectivity index (χ1v) is 8.15. The molecule has 0 aliphatic heterocycles. The molecule has 0 heterocycles. The molecule has 4 nitrogen and oxygen atoms in total. The van der Waals surface area contributed by atoms with E-state index in [-0.39, 0.29) is 17.7 Å². The van der Waals surface area contributed by atoms with Gasteiger partial charge in [-0.05, 0) is 23.6 Å². The Morgan fingerprint density at radius 1 is 1.35 bits per heavy atom. The first-order chi connectivity index (χ1) is 9.13. The summed E-state index contributed by atoms with van der Waals surface area (Å²) in [7, 11) is -3.41. The first-order valence-electron chi connectivity index (χ1n) is 6.12. The van der Waals surface area contributed by atoms with Gasteiger partial charge in [0.05, 0.1) is 17.3 Å². The molecule has 0 unspecified atom stereocenters. The zero-order valence-electron chi connectivity index (χ0n) is 11.8. The Morgan fingerprint density at radius 3 is 2.55 bits per heavy atom. The zero-order valence-corrected chi connectivity index (χ0v) is 13.4. The summed E-state index contributed by atoms with van der Waals surface area (Å²) >= 11 is 5.99. The van der Waals surface area contributed by atoms with Gasteiger partial charge in [0.15, 0.2) is 0 Å². The fourth-order valence-electron chi connectivity index (χ4n) is 1.62. The number of rotatable bonds is 3. The lowest BCUT2D eigenvalue weighted by molar-refractivity contribution is 0.463. The van der Waals surface area contributed by atoms with Crippen LogP contribution < -0.4 is 10.5 Å². The van der Waals surface area contributed by atoms with Crippen LogP contribution in [0.3, 0.4) is 0 Å². The summed E-state index contributed by atoms with van der Waals surface area (Å²) in [6.07, 6.45) is 0. The molecule has 0 aliphatic carbocycles. The summed E-state index contributed by atoms with van der Waals surface area (Å²) in [5.74, 6) is 5.53. The predicted octanol–water partition coefficient (Wildman–Crippen LogP) is 2.44. The quantitative estimate of drug-likeness (QED) is 0.842. The molecule has 0 aliphatic rings. The summed E-state index contributed by atoms with van der Waals surface area (Å²) in [5, 5.41) is 0.463. The van der Waals surface area contributed by atoms with Gasteiger partial charge in [-0.1, -0.05) is 44.2 Å². The van der Waals surface area contributed by atoms with Crippen LogP contribution in [0, 0.1) is 17.3 Å². The minimum atomic E-state index is -3.41. The summed E-state index contributed by atoms with van der Waals surface area (Å²) in [6.45, 7) is 5.82. The van der Waals surface area contributed by atoms with Gasteiger partial charge in [0.2, 0.25) is 10.0 Å². The van der Waals surface area contributed by atoms with Crippen LogP contribution in [-0.2, 0) is 10.0 Å². The molecule has 0 amide bonds. The standard InChI is InChI=1S/C14H19ClN2O2S/c1-14(2,3)10-20(18,19)17-12-6-7-13(15)11(9-12)5-4-8-16/h6-7,9,17H,8,10,16H2,1-3H3. The minimum absolute atomic E-state index is 0.0342. The highest BCUT2D eigenvalue weighted by atomic mass is 35.5. The summed E-state index contributed by atoms with van der Waals surface area (Å²) in [4.78, 5) is 0. The van der Waals surface area contributed by atoms with Crippen LogP contribution in [0.2, 0.25) is 5.02 Å². The van der Waals surface area contributed by atoms with E-state index in [9.17, 15) is 8.42 Å². The SMILES string of the molecule is CC(C)(C)CS(=O)(=O)Nc1ccc(Cl)c(C#CCN)c1. The molecule has 0 aromatic heterocycles. The fourth-order valence-corrected chi connectivity index (χ4v) is 3.48. The second kappa shape index (κ2) is 6.49. The van der Waals surface area contributed by atoms with Crippen LogP contribution >= 0.6 is 11.6 Å². The molecule has 0 fully saturated rings. The molecule has 0 radical (unpaired) electrons. The number of nitrogens with one attached hydrogen (secondary N) is 1. The van der Waals surface area contributed by atoms with Gasteiger partial charge in [-0.15, -0.1) is 0 Å². The summed E-state index contributed by atoms with van der Waals surface area (Å²) in [6, 6.07) is 4.82. The van der Waals surface area contributed by atoms with Crippen LogP contribution in [0.4, 0.5) is 5.69 Å². The van der Waals surface area contributed by atoms with Gasteiger partial charge in [-0.2, -0.15) is 0 Å².